The molecule has 1 heterocycles. The van der Waals surface area contributed by atoms with Gasteiger partial charge >= 0.3 is 0 Å². The Morgan fingerprint density at radius 3 is 2.60 bits per heavy atom. The third-order valence-corrected chi connectivity index (χ3v) is 2.96. The van der Waals surface area contributed by atoms with Crippen molar-refractivity contribution >= 4 is 5.82 Å². The number of anilines is 1. The van der Waals surface area contributed by atoms with E-state index in [9.17, 15) is 0 Å². The van der Waals surface area contributed by atoms with Crippen molar-refractivity contribution in [1.29, 1.82) is 0 Å². The summed E-state index contributed by atoms with van der Waals surface area (Å²) in [5, 5.41) is 0. The van der Waals surface area contributed by atoms with Gasteiger partial charge in [0.05, 0.1) is 6.61 Å². The van der Waals surface area contributed by atoms with Gasteiger partial charge in [-0.15, -0.1) is 0 Å². The van der Waals surface area contributed by atoms with Crippen LogP contribution < -0.4 is 10.5 Å². The van der Waals surface area contributed by atoms with Crippen LogP contribution in [-0.4, -0.2) is 16.6 Å². The van der Waals surface area contributed by atoms with E-state index in [1.54, 1.807) is 6.07 Å². The van der Waals surface area contributed by atoms with E-state index < -0.39 is 0 Å². The molecule has 0 radical (unpaired) electrons. The quantitative estimate of drug-likeness (QED) is 0.820. The first-order chi connectivity index (χ1) is 9.65. The number of nitrogens with two attached hydrogens (primary N) is 1. The average Bonchev–Trinajstić information content (AvgIpc) is 2.44. The molecule has 0 aliphatic heterocycles. The number of aromatic nitrogens is 2. The third-order valence-electron chi connectivity index (χ3n) is 2.96. The largest absolute Gasteiger partial charge is 0.478 e. The highest BCUT2D eigenvalue weighted by atomic mass is 16.5. The molecular formula is C16H21N3O. The maximum atomic E-state index is 5.76. The molecular weight excluding hydrogens is 250 g/mol. The van der Waals surface area contributed by atoms with Gasteiger partial charge in [0.15, 0.2) is 0 Å². The number of nitrogens with zero attached hydrogens (tertiary/aromatic N) is 2. The molecule has 2 N–H and O–H groups in total. The minimum absolute atomic E-state index is 0.241. The standard InChI is InChI=1S/C16H21N3O/c1-12(2)16-18-14(17)11-15(19-16)20-10-6-9-13-7-4-3-5-8-13/h3-5,7-8,11-12H,6,9-10H2,1-2H3,(H2,17,18,19). The smallest absolute Gasteiger partial charge is 0.218 e. The van der Waals surface area contributed by atoms with Gasteiger partial charge in [-0.25, -0.2) is 4.98 Å². The van der Waals surface area contributed by atoms with Crippen molar-refractivity contribution in [3.05, 3.63) is 47.8 Å². The molecule has 0 saturated heterocycles. The van der Waals surface area contributed by atoms with Crippen molar-refractivity contribution < 1.29 is 4.74 Å². The summed E-state index contributed by atoms with van der Waals surface area (Å²) in [6, 6.07) is 12.1. The first kappa shape index (κ1) is 14.3. The minimum Gasteiger partial charge on any atom is -0.478 e. The van der Waals surface area contributed by atoms with Crippen molar-refractivity contribution in [2.45, 2.75) is 32.6 Å². The van der Waals surface area contributed by atoms with E-state index in [4.69, 9.17) is 10.5 Å². The zero-order valence-corrected chi connectivity index (χ0v) is 12.0. The molecule has 0 aliphatic carbocycles. The molecule has 4 nitrogen and oxygen atoms in total. The lowest BCUT2D eigenvalue weighted by atomic mass is 10.1. The Hall–Kier alpha value is -2.10. The Morgan fingerprint density at radius 1 is 1.15 bits per heavy atom. The number of benzene rings is 1. The summed E-state index contributed by atoms with van der Waals surface area (Å²) in [7, 11) is 0. The second kappa shape index (κ2) is 6.89. The van der Waals surface area contributed by atoms with Crippen LogP contribution in [-0.2, 0) is 6.42 Å². The van der Waals surface area contributed by atoms with Crippen molar-refractivity contribution in [2.24, 2.45) is 0 Å². The Labute approximate surface area is 120 Å². The van der Waals surface area contributed by atoms with Crippen LogP contribution >= 0.6 is 0 Å². The Kier molecular flexibility index (Phi) is 4.93. The molecule has 106 valence electrons. The highest BCUT2D eigenvalue weighted by Gasteiger charge is 2.07. The van der Waals surface area contributed by atoms with Crippen LogP contribution in [0.3, 0.4) is 0 Å². The van der Waals surface area contributed by atoms with E-state index in [1.807, 2.05) is 19.9 Å². The summed E-state index contributed by atoms with van der Waals surface area (Å²) in [4.78, 5) is 8.56. The van der Waals surface area contributed by atoms with Gasteiger partial charge in [0.25, 0.3) is 0 Å². The molecule has 0 amide bonds. The molecule has 4 heteroatoms. The summed E-state index contributed by atoms with van der Waals surface area (Å²) in [5.74, 6) is 1.99. The van der Waals surface area contributed by atoms with Gasteiger partial charge in [-0.2, -0.15) is 4.98 Å². The van der Waals surface area contributed by atoms with E-state index in [-0.39, 0.29) is 5.92 Å². The number of rotatable bonds is 6. The molecule has 0 aliphatic rings. The molecule has 0 atom stereocenters. The van der Waals surface area contributed by atoms with Crippen LogP contribution in [0, 0.1) is 0 Å². The molecule has 2 rings (SSSR count). The summed E-state index contributed by atoms with van der Waals surface area (Å²) >= 11 is 0. The summed E-state index contributed by atoms with van der Waals surface area (Å²) in [6.45, 7) is 4.70. The monoisotopic (exact) mass is 271 g/mol. The zero-order valence-electron chi connectivity index (χ0n) is 12.0. The van der Waals surface area contributed by atoms with Crippen molar-refractivity contribution in [3.63, 3.8) is 0 Å². The lowest BCUT2D eigenvalue weighted by molar-refractivity contribution is 0.297. The van der Waals surface area contributed by atoms with Crippen molar-refractivity contribution in [1.82, 2.24) is 9.97 Å². The lowest BCUT2D eigenvalue weighted by Gasteiger charge is -2.09. The normalized spacial score (nSPS) is 10.8. The molecule has 0 saturated carbocycles. The number of aryl methyl sites for hydroxylation is 1. The second-order valence-electron chi connectivity index (χ2n) is 5.08. The highest BCUT2D eigenvalue weighted by Crippen LogP contribution is 2.17. The van der Waals surface area contributed by atoms with E-state index in [0.29, 0.717) is 18.3 Å². The predicted octanol–water partition coefficient (Wildman–Crippen LogP) is 3.19. The van der Waals surface area contributed by atoms with Crippen molar-refractivity contribution in [2.75, 3.05) is 12.3 Å². The lowest BCUT2D eigenvalue weighted by Crippen LogP contribution is -2.06. The van der Waals surface area contributed by atoms with E-state index >= 15 is 0 Å². The number of nitrogen functional groups attached to an aromatic ring is 1. The maximum Gasteiger partial charge on any atom is 0.218 e. The van der Waals surface area contributed by atoms with Crippen LogP contribution in [0.15, 0.2) is 36.4 Å². The van der Waals surface area contributed by atoms with Gasteiger partial charge in [0.2, 0.25) is 5.88 Å². The fourth-order valence-electron chi connectivity index (χ4n) is 1.89. The average molecular weight is 271 g/mol. The number of hydrogen-bond donors (Lipinski definition) is 1. The number of ether oxygens (including phenoxy) is 1. The zero-order chi connectivity index (χ0) is 14.4. The number of hydrogen-bond acceptors (Lipinski definition) is 4. The predicted molar refractivity (Wildman–Crippen MR) is 80.8 cm³/mol. The second-order valence-corrected chi connectivity index (χ2v) is 5.08. The first-order valence-electron chi connectivity index (χ1n) is 6.96. The van der Waals surface area contributed by atoms with Gasteiger partial charge < -0.3 is 10.5 Å². The molecule has 1 aromatic carbocycles. The minimum atomic E-state index is 0.241. The van der Waals surface area contributed by atoms with Crippen LogP contribution in [0.2, 0.25) is 0 Å². The van der Waals surface area contributed by atoms with Crippen LogP contribution in [0.4, 0.5) is 5.82 Å². The van der Waals surface area contributed by atoms with Crippen LogP contribution in [0.5, 0.6) is 5.88 Å². The fourth-order valence-corrected chi connectivity index (χ4v) is 1.89. The Bertz CT molecular complexity index is 541. The van der Waals surface area contributed by atoms with Crippen LogP contribution in [0.1, 0.15) is 37.6 Å². The van der Waals surface area contributed by atoms with Gasteiger partial charge in [-0.3, -0.25) is 0 Å². The molecule has 1 aromatic heterocycles. The molecule has 20 heavy (non-hydrogen) atoms. The van der Waals surface area contributed by atoms with Gasteiger partial charge in [-0.05, 0) is 18.4 Å². The molecule has 0 spiro atoms. The van der Waals surface area contributed by atoms with Gasteiger partial charge in [-0.1, -0.05) is 44.2 Å². The van der Waals surface area contributed by atoms with E-state index in [2.05, 4.69) is 34.2 Å². The SMILES string of the molecule is CC(C)c1nc(N)cc(OCCCc2ccccc2)n1. The summed E-state index contributed by atoms with van der Waals surface area (Å²) < 4.78 is 5.67. The molecule has 2 aromatic rings. The van der Waals surface area contributed by atoms with Crippen molar-refractivity contribution in [3.8, 4) is 5.88 Å². The molecule has 0 unspecified atom stereocenters. The van der Waals surface area contributed by atoms with E-state index in [0.717, 1.165) is 18.7 Å². The summed E-state index contributed by atoms with van der Waals surface area (Å²) in [5.41, 5.74) is 7.08. The fraction of sp³-hybridized carbons (Fsp3) is 0.375. The van der Waals surface area contributed by atoms with Crippen LogP contribution in [0.25, 0.3) is 0 Å². The van der Waals surface area contributed by atoms with E-state index in [1.165, 1.54) is 5.56 Å². The first-order valence-corrected chi connectivity index (χ1v) is 6.96. The topological polar surface area (TPSA) is 61.0 Å². The third kappa shape index (κ3) is 4.23. The van der Waals surface area contributed by atoms with Gasteiger partial charge in [0.1, 0.15) is 11.6 Å². The Morgan fingerprint density at radius 2 is 1.90 bits per heavy atom. The van der Waals surface area contributed by atoms with Gasteiger partial charge in [0, 0.05) is 12.0 Å². The highest BCUT2D eigenvalue weighted by molar-refractivity contribution is 5.33. The Balaban J connectivity index is 1.85. The molecule has 0 fully saturated rings. The maximum absolute atomic E-state index is 5.76. The molecule has 0 bridgehead atoms. The summed E-state index contributed by atoms with van der Waals surface area (Å²) in [6.07, 6.45) is 1.95.